The molecule has 0 fully saturated rings. The van der Waals surface area contributed by atoms with Crippen LogP contribution < -0.4 is 9.47 Å². The molecule has 0 bridgehead atoms. The highest BCUT2D eigenvalue weighted by molar-refractivity contribution is 14.1. The van der Waals surface area contributed by atoms with Crippen LogP contribution in [0.2, 0.25) is 0 Å². The fraction of sp³-hybridized carbons (Fsp3) is 0.842. The summed E-state index contributed by atoms with van der Waals surface area (Å²) in [4.78, 5) is 0. The maximum Gasteiger partial charge on any atom is 0.133 e. The molecule has 0 amide bonds. The van der Waals surface area contributed by atoms with Crippen LogP contribution in [-0.4, -0.2) is 13.2 Å². The average molecular weight is 811 g/mol. The van der Waals surface area contributed by atoms with Crippen LogP contribution in [0, 0.1) is 7.14 Å². The number of ether oxygens (including phenoxy) is 2. The van der Waals surface area contributed by atoms with Gasteiger partial charge in [0.05, 0.1) is 20.4 Å². The van der Waals surface area contributed by atoms with E-state index < -0.39 is 0 Å². The van der Waals surface area contributed by atoms with E-state index in [0.29, 0.717) is 0 Å². The Labute approximate surface area is 290 Å². The summed E-state index contributed by atoms with van der Waals surface area (Å²) in [5.74, 6) is 2.03. The van der Waals surface area contributed by atoms with Crippen LogP contribution in [0.5, 0.6) is 11.5 Å². The van der Waals surface area contributed by atoms with Gasteiger partial charge in [-0.1, -0.05) is 181 Å². The number of hydrogen-bond donors (Lipinski definition) is 0. The molecule has 0 atom stereocenters. The molecule has 0 aliphatic heterocycles. The fourth-order valence-electron chi connectivity index (χ4n) is 5.69. The van der Waals surface area contributed by atoms with Gasteiger partial charge in [0.15, 0.2) is 0 Å². The van der Waals surface area contributed by atoms with Crippen molar-refractivity contribution in [3.8, 4) is 11.5 Å². The van der Waals surface area contributed by atoms with Crippen molar-refractivity contribution in [1.29, 1.82) is 0 Å². The van der Waals surface area contributed by atoms with Crippen molar-refractivity contribution < 1.29 is 9.47 Å². The predicted molar refractivity (Wildman–Crippen MR) is 203 cm³/mol. The van der Waals surface area contributed by atoms with Crippen molar-refractivity contribution in [3.05, 3.63) is 19.3 Å². The standard InChI is InChI=1S/C38H68I2O2/c1-3-5-7-9-11-13-15-17-19-21-23-25-27-29-31-41-37-33-36(40)38(34-35(37)39)42-32-30-28-26-24-22-20-18-16-14-12-10-8-6-4-2/h33-34H,3-32H2,1-2H3. The molecule has 0 radical (unpaired) electrons. The molecule has 0 aliphatic rings. The summed E-state index contributed by atoms with van der Waals surface area (Å²) in [5.41, 5.74) is 0. The van der Waals surface area contributed by atoms with Crippen molar-refractivity contribution in [2.24, 2.45) is 0 Å². The molecule has 0 N–H and O–H groups in total. The van der Waals surface area contributed by atoms with E-state index in [2.05, 4.69) is 71.2 Å². The summed E-state index contributed by atoms with van der Waals surface area (Å²) in [6.07, 6.45) is 38.9. The largest absolute Gasteiger partial charge is 0.492 e. The van der Waals surface area contributed by atoms with Crippen LogP contribution in [0.4, 0.5) is 0 Å². The predicted octanol–water partition coefficient (Wildman–Crippen LogP) is 14.6. The number of rotatable bonds is 32. The summed E-state index contributed by atoms with van der Waals surface area (Å²) in [6.45, 7) is 6.24. The third-order valence-corrected chi connectivity index (χ3v) is 10.2. The van der Waals surface area contributed by atoms with Crippen molar-refractivity contribution in [2.45, 2.75) is 194 Å². The molecule has 1 aromatic carbocycles. The highest BCUT2D eigenvalue weighted by Crippen LogP contribution is 2.31. The van der Waals surface area contributed by atoms with E-state index in [4.69, 9.17) is 9.47 Å². The Kier molecular flexibility index (Phi) is 30.0. The lowest BCUT2D eigenvalue weighted by atomic mass is 10.0. The lowest BCUT2D eigenvalue weighted by molar-refractivity contribution is 0.293. The molecule has 2 nitrogen and oxygen atoms in total. The fourth-order valence-corrected chi connectivity index (χ4v) is 6.88. The van der Waals surface area contributed by atoms with Crippen molar-refractivity contribution >= 4 is 45.2 Å². The zero-order valence-electron chi connectivity index (χ0n) is 27.9. The maximum atomic E-state index is 6.14. The van der Waals surface area contributed by atoms with Gasteiger partial charge in [-0.25, -0.2) is 0 Å². The highest BCUT2D eigenvalue weighted by Gasteiger charge is 2.09. The Balaban J connectivity index is 1.96. The Hall–Kier alpha value is 0.280. The number of hydrogen-bond acceptors (Lipinski definition) is 2. The van der Waals surface area contributed by atoms with Gasteiger partial charge in [0.1, 0.15) is 11.5 Å². The molecular weight excluding hydrogens is 742 g/mol. The van der Waals surface area contributed by atoms with E-state index in [1.165, 1.54) is 167 Å². The zero-order chi connectivity index (χ0) is 30.4. The average Bonchev–Trinajstić information content (AvgIpc) is 2.99. The second-order valence-electron chi connectivity index (χ2n) is 12.6. The van der Waals surface area contributed by atoms with Crippen molar-refractivity contribution in [2.75, 3.05) is 13.2 Å². The minimum Gasteiger partial charge on any atom is -0.492 e. The summed E-state index contributed by atoms with van der Waals surface area (Å²) < 4.78 is 14.6. The molecule has 0 spiro atoms. The van der Waals surface area contributed by atoms with Crippen LogP contribution in [0.25, 0.3) is 0 Å². The van der Waals surface area contributed by atoms with Gasteiger partial charge in [-0.05, 0) is 70.2 Å². The minimum atomic E-state index is 0.823. The van der Waals surface area contributed by atoms with Gasteiger partial charge in [0, 0.05) is 0 Å². The molecule has 0 unspecified atom stereocenters. The van der Waals surface area contributed by atoms with E-state index in [9.17, 15) is 0 Å². The number of halogens is 2. The van der Waals surface area contributed by atoms with Crippen LogP contribution in [0.3, 0.4) is 0 Å². The number of benzene rings is 1. The van der Waals surface area contributed by atoms with Crippen molar-refractivity contribution in [3.63, 3.8) is 0 Å². The first-order valence-electron chi connectivity index (χ1n) is 18.4. The first kappa shape index (κ1) is 40.3. The third kappa shape index (κ3) is 24.6. The molecule has 1 rings (SSSR count). The molecule has 0 saturated carbocycles. The van der Waals surface area contributed by atoms with Crippen LogP contribution in [0.15, 0.2) is 12.1 Å². The lowest BCUT2D eigenvalue weighted by Gasteiger charge is -2.13. The van der Waals surface area contributed by atoms with E-state index in [0.717, 1.165) is 44.7 Å². The van der Waals surface area contributed by atoms with Gasteiger partial charge >= 0.3 is 0 Å². The summed E-state index contributed by atoms with van der Waals surface area (Å²) in [6, 6.07) is 4.32. The zero-order valence-corrected chi connectivity index (χ0v) is 32.3. The topological polar surface area (TPSA) is 18.5 Å². The van der Waals surface area contributed by atoms with Crippen LogP contribution in [0.1, 0.15) is 194 Å². The molecule has 1 aromatic rings. The first-order valence-corrected chi connectivity index (χ1v) is 20.6. The Morgan fingerprint density at radius 1 is 0.357 bits per heavy atom. The quantitative estimate of drug-likeness (QED) is 0.0533. The Morgan fingerprint density at radius 3 is 0.810 bits per heavy atom. The van der Waals surface area contributed by atoms with Gasteiger partial charge in [0.2, 0.25) is 0 Å². The van der Waals surface area contributed by atoms with E-state index in [1.807, 2.05) is 0 Å². The molecule has 0 heterocycles. The maximum absolute atomic E-state index is 6.14. The molecule has 0 aromatic heterocycles. The first-order chi connectivity index (χ1) is 20.7. The molecule has 4 heteroatoms. The number of unbranched alkanes of at least 4 members (excludes halogenated alkanes) is 26. The Morgan fingerprint density at radius 2 is 0.571 bits per heavy atom. The van der Waals surface area contributed by atoms with E-state index in [1.54, 1.807) is 0 Å². The van der Waals surface area contributed by atoms with Crippen LogP contribution >= 0.6 is 45.2 Å². The summed E-state index contributed by atoms with van der Waals surface area (Å²) >= 11 is 4.80. The van der Waals surface area contributed by atoms with Crippen molar-refractivity contribution in [1.82, 2.24) is 0 Å². The van der Waals surface area contributed by atoms with Gasteiger partial charge in [0.25, 0.3) is 0 Å². The van der Waals surface area contributed by atoms with E-state index in [-0.39, 0.29) is 0 Å². The second-order valence-corrected chi connectivity index (χ2v) is 14.9. The highest BCUT2D eigenvalue weighted by atomic mass is 127. The van der Waals surface area contributed by atoms with E-state index >= 15 is 0 Å². The summed E-state index contributed by atoms with van der Waals surface area (Å²) in [7, 11) is 0. The van der Waals surface area contributed by atoms with Gasteiger partial charge in [-0.2, -0.15) is 0 Å². The molecule has 0 saturated heterocycles. The van der Waals surface area contributed by atoms with Gasteiger partial charge in [-0.3, -0.25) is 0 Å². The SMILES string of the molecule is CCCCCCCCCCCCCCCCOc1cc(I)c(OCCCCCCCCCCCCCCCC)cc1I. The molecule has 246 valence electrons. The molecule has 0 aliphatic carbocycles. The Bertz CT molecular complexity index is 649. The smallest absolute Gasteiger partial charge is 0.133 e. The third-order valence-electron chi connectivity index (χ3n) is 8.50. The van der Waals surface area contributed by atoms with Gasteiger partial charge < -0.3 is 9.47 Å². The monoisotopic (exact) mass is 810 g/mol. The lowest BCUT2D eigenvalue weighted by Crippen LogP contribution is -2.02. The minimum absolute atomic E-state index is 0.823. The second kappa shape index (κ2) is 31.3. The molecular formula is C38H68I2O2. The van der Waals surface area contributed by atoms with Crippen LogP contribution in [-0.2, 0) is 0 Å². The summed E-state index contributed by atoms with van der Waals surface area (Å²) in [5, 5.41) is 0. The van der Waals surface area contributed by atoms with Gasteiger partial charge in [-0.15, -0.1) is 0 Å². The normalized spacial score (nSPS) is 11.3. The molecule has 42 heavy (non-hydrogen) atoms.